The lowest BCUT2D eigenvalue weighted by atomic mass is 10.2. The fourth-order valence-electron chi connectivity index (χ4n) is 2.74. The van der Waals surface area contributed by atoms with Crippen molar-refractivity contribution in [3.05, 3.63) is 0 Å². The first-order valence-electron chi connectivity index (χ1n) is 8.92. The molecule has 0 N–H and O–H groups in total. The molecular weight excluding hydrogens is 356 g/mol. The Balaban J connectivity index is 4.32. The first-order chi connectivity index (χ1) is 10.9. The van der Waals surface area contributed by atoms with Gasteiger partial charge in [0.2, 0.25) is 0 Å². The van der Waals surface area contributed by atoms with E-state index in [1.54, 1.807) is 7.11 Å². The van der Waals surface area contributed by atoms with Crippen molar-refractivity contribution in [2.24, 2.45) is 5.92 Å². The highest BCUT2D eigenvalue weighted by Gasteiger charge is 2.41. The average Bonchev–Trinajstić information content (AvgIpc) is 2.32. The minimum absolute atomic E-state index is 0.424. The fraction of sp³-hybridized carbons (Fsp3) is 1.00. The summed E-state index contributed by atoms with van der Waals surface area (Å²) in [6, 6.07) is 0.978. The van der Waals surface area contributed by atoms with Gasteiger partial charge < -0.3 is 22.4 Å². The van der Waals surface area contributed by atoms with Gasteiger partial charge in [-0.05, 0) is 57.8 Å². The molecule has 0 amide bonds. The number of ether oxygens (including phenoxy) is 3. The van der Waals surface area contributed by atoms with Crippen LogP contribution in [0.25, 0.3) is 0 Å². The van der Waals surface area contributed by atoms with Crippen LogP contribution in [-0.4, -0.2) is 65.3 Å². The number of rotatable bonds is 14. The highest BCUT2D eigenvalue weighted by Crippen LogP contribution is 2.27. The topological polar surface area (TPSA) is 46.2 Å². The Morgan fingerprint density at radius 3 is 1.62 bits per heavy atom. The Hall–Kier alpha value is 0.451. The van der Waals surface area contributed by atoms with E-state index in [0.29, 0.717) is 32.3 Å². The van der Waals surface area contributed by atoms with E-state index in [4.69, 9.17) is 22.4 Å². The molecule has 1 atom stereocenters. The molecule has 146 valence electrons. The molecule has 8 heteroatoms. The lowest BCUT2D eigenvalue weighted by Gasteiger charge is -2.39. The summed E-state index contributed by atoms with van der Waals surface area (Å²) in [7, 11) is -3.76. The Kier molecular flexibility index (Phi) is 11.4. The van der Waals surface area contributed by atoms with Gasteiger partial charge in [0.05, 0.1) is 26.4 Å². The standard InChI is InChI=1S/C16H40O5Si3/c1-16(14-19-13-12-18-11-10-17-2)15-24(9,20-22(3,4)5)21-23(6,7)8/h16H,10-15H2,1-9H3. The lowest BCUT2D eigenvalue weighted by molar-refractivity contribution is 0.0179. The smallest absolute Gasteiger partial charge is 0.314 e. The maximum absolute atomic E-state index is 6.54. The minimum Gasteiger partial charge on any atom is -0.437 e. The molecule has 1 unspecified atom stereocenters. The van der Waals surface area contributed by atoms with E-state index in [-0.39, 0.29) is 0 Å². The minimum atomic E-state index is -2.17. The van der Waals surface area contributed by atoms with Crippen LogP contribution in [0, 0.1) is 5.92 Å². The second kappa shape index (κ2) is 11.2. The molecule has 0 saturated carbocycles. The zero-order chi connectivity index (χ0) is 18.9. The van der Waals surface area contributed by atoms with Crippen LogP contribution in [0.5, 0.6) is 0 Å². The molecule has 0 aromatic rings. The number of hydrogen-bond donors (Lipinski definition) is 0. The first-order valence-corrected chi connectivity index (χ1v) is 18.3. The zero-order valence-electron chi connectivity index (χ0n) is 17.4. The first kappa shape index (κ1) is 24.5. The Labute approximate surface area is 152 Å². The molecule has 0 saturated heterocycles. The lowest BCUT2D eigenvalue weighted by Crippen LogP contribution is -2.53. The summed E-state index contributed by atoms with van der Waals surface area (Å²) in [5, 5.41) is 0. The maximum Gasteiger partial charge on any atom is 0.314 e. The van der Waals surface area contributed by atoms with Crippen molar-refractivity contribution in [2.75, 3.05) is 40.1 Å². The molecule has 0 spiro atoms. The molecule has 0 aliphatic heterocycles. The predicted molar refractivity (Wildman–Crippen MR) is 108 cm³/mol. The van der Waals surface area contributed by atoms with E-state index in [0.717, 1.165) is 12.7 Å². The Morgan fingerprint density at radius 1 is 0.708 bits per heavy atom. The van der Waals surface area contributed by atoms with Gasteiger partial charge in [0.1, 0.15) is 0 Å². The summed E-state index contributed by atoms with van der Waals surface area (Å²) in [6.45, 7) is 21.1. The van der Waals surface area contributed by atoms with Crippen LogP contribution in [0.1, 0.15) is 6.92 Å². The highest BCUT2D eigenvalue weighted by molar-refractivity contribution is 6.87. The van der Waals surface area contributed by atoms with E-state index in [9.17, 15) is 0 Å². The largest absolute Gasteiger partial charge is 0.437 e. The molecule has 0 aliphatic rings. The van der Waals surface area contributed by atoms with Crippen LogP contribution >= 0.6 is 0 Å². The number of hydrogen-bond acceptors (Lipinski definition) is 5. The van der Waals surface area contributed by atoms with Gasteiger partial charge in [-0.15, -0.1) is 0 Å². The van der Waals surface area contributed by atoms with Crippen LogP contribution in [-0.2, 0) is 22.4 Å². The van der Waals surface area contributed by atoms with Crippen molar-refractivity contribution < 1.29 is 22.4 Å². The van der Waals surface area contributed by atoms with E-state index in [1.807, 2.05) is 0 Å². The summed E-state index contributed by atoms with van der Waals surface area (Å²) >= 11 is 0. The summed E-state index contributed by atoms with van der Waals surface area (Å²) in [5.41, 5.74) is 0. The monoisotopic (exact) mass is 396 g/mol. The van der Waals surface area contributed by atoms with Gasteiger partial charge in [0.25, 0.3) is 0 Å². The van der Waals surface area contributed by atoms with E-state index >= 15 is 0 Å². The summed E-state index contributed by atoms with van der Waals surface area (Å²) in [6.07, 6.45) is 0. The van der Waals surface area contributed by atoms with Crippen LogP contribution in [0.15, 0.2) is 0 Å². The molecular formula is C16H40O5Si3. The van der Waals surface area contributed by atoms with Crippen LogP contribution in [0.3, 0.4) is 0 Å². The molecule has 0 fully saturated rings. The molecule has 0 rings (SSSR count). The molecule has 0 heterocycles. The zero-order valence-corrected chi connectivity index (χ0v) is 20.4. The van der Waals surface area contributed by atoms with Gasteiger partial charge in [0.15, 0.2) is 16.6 Å². The van der Waals surface area contributed by atoms with Crippen LogP contribution in [0.2, 0.25) is 51.9 Å². The van der Waals surface area contributed by atoms with Gasteiger partial charge in [0, 0.05) is 13.7 Å². The normalized spacial score (nSPS) is 14.9. The second-order valence-electron chi connectivity index (χ2n) is 8.55. The third kappa shape index (κ3) is 14.8. The van der Waals surface area contributed by atoms with Gasteiger partial charge in [-0.25, -0.2) is 0 Å². The molecule has 24 heavy (non-hydrogen) atoms. The van der Waals surface area contributed by atoms with Gasteiger partial charge in [-0.1, -0.05) is 6.92 Å². The third-order valence-corrected chi connectivity index (χ3v) is 12.8. The molecule has 5 nitrogen and oxygen atoms in total. The average molecular weight is 397 g/mol. The second-order valence-corrected chi connectivity index (χ2v) is 21.3. The van der Waals surface area contributed by atoms with Gasteiger partial charge >= 0.3 is 8.56 Å². The molecule has 0 aromatic heterocycles. The molecule has 0 aliphatic carbocycles. The van der Waals surface area contributed by atoms with E-state index in [2.05, 4.69) is 52.8 Å². The van der Waals surface area contributed by atoms with Gasteiger partial charge in [-0.3, -0.25) is 0 Å². The maximum atomic E-state index is 6.54. The summed E-state index contributed by atoms with van der Waals surface area (Å²) < 4.78 is 29.2. The van der Waals surface area contributed by atoms with Crippen molar-refractivity contribution in [3.8, 4) is 0 Å². The number of methoxy groups -OCH3 is 1. The molecule has 0 aromatic carbocycles. The Bertz CT molecular complexity index is 313. The van der Waals surface area contributed by atoms with Crippen molar-refractivity contribution in [3.63, 3.8) is 0 Å². The predicted octanol–water partition coefficient (Wildman–Crippen LogP) is 4.08. The van der Waals surface area contributed by atoms with Crippen molar-refractivity contribution in [1.82, 2.24) is 0 Å². The molecule has 0 bridgehead atoms. The SMILES string of the molecule is COCCOCCOCC(C)C[Si](C)(O[Si](C)(C)C)O[Si](C)(C)C. The third-order valence-electron chi connectivity index (χ3n) is 2.97. The summed E-state index contributed by atoms with van der Waals surface area (Å²) in [4.78, 5) is 0. The summed E-state index contributed by atoms with van der Waals surface area (Å²) in [5.74, 6) is 0.424. The van der Waals surface area contributed by atoms with Crippen molar-refractivity contribution >= 4 is 25.2 Å². The van der Waals surface area contributed by atoms with Crippen molar-refractivity contribution in [1.29, 1.82) is 0 Å². The van der Waals surface area contributed by atoms with Crippen LogP contribution < -0.4 is 0 Å². The van der Waals surface area contributed by atoms with E-state index in [1.165, 1.54) is 0 Å². The quantitative estimate of drug-likeness (QED) is 0.327. The highest BCUT2D eigenvalue weighted by atomic mass is 28.5. The fourth-order valence-corrected chi connectivity index (χ4v) is 15.7. The van der Waals surface area contributed by atoms with Crippen molar-refractivity contribution in [2.45, 2.75) is 58.8 Å². The Morgan fingerprint density at radius 2 is 1.17 bits per heavy atom. The van der Waals surface area contributed by atoms with E-state index < -0.39 is 25.2 Å². The van der Waals surface area contributed by atoms with Crippen LogP contribution in [0.4, 0.5) is 0 Å². The molecule has 0 radical (unpaired) electrons. The van der Waals surface area contributed by atoms with Gasteiger partial charge in [-0.2, -0.15) is 0 Å².